The third kappa shape index (κ3) is 3.37. The number of carboxylic acid groups (broad SMARTS) is 1. The van der Waals surface area contributed by atoms with Crippen molar-refractivity contribution in [2.45, 2.75) is 19.8 Å². The van der Waals surface area contributed by atoms with E-state index < -0.39 is 16.8 Å². The van der Waals surface area contributed by atoms with Crippen molar-refractivity contribution in [3.63, 3.8) is 0 Å². The predicted octanol–water partition coefficient (Wildman–Crippen LogP) is 0.291. The van der Waals surface area contributed by atoms with Gasteiger partial charge in [-0.3, -0.25) is 9.59 Å². The van der Waals surface area contributed by atoms with E-state index in [1.807, 2.05) is 0 Å². The quantitative estimate of drug-likeness (QED) is 0.348. The van der Waals surface area contributed by atoms with E-state index in [0.717, 1.165) is 25.7 Å². The molecular weight excluding hydrogens is 388 g/mol. The number of nitrogens with zero attached hydrogens (tertiary/aromatic N) is 2. The normalized spacial score (nSPS) is 15.3. The molecule has 1 aromatic heterocycles. The molecular formula is C21H22N4O5. The first-order valence-corrected chi connectivity index (χ1v) is 9.80. The Bertz CT molecular complexity index is 1330. The van der Waals surface area contributed by atoms with Gasteiger partial charge in [0.2, 0.25) is 10.9 Å². The maximum Gasteiger partial charge on any atom is 0.337 e. The molecule has 0 saturated carbocycles. The fourth-order valence-electron chi connectivity index (χ4n) is 3.85. The van der Waals surface area contributed by atoms with Crippen LogP contribution >= 0.6 is 0 Å². The molecule has 0 atom stereocenters. The summed E-state index contributed by atoms with van der Waals surface area (Å²) < 4.78 is 0. The average molecular weight is 410 g/mol. The minimum Gasteiger partial charge on any atom is -0.507 e. The summed E-state index contributed by atoms with van der Waals surface area (Å²) in [6.07, 6.45) is 3.97. The van der Waals surface area contributed by atoms with E-state index in [2.05, 4.69) is 20.2 Å². The molecule has 1 saturated heterocycles. The number of phenolic OH excluding ortho intramolecular Hbond substituents is 1. The molecule has 2 aromatic carbocycles. The van der Waals surface area contributed by atoms with E-state index in [4.69, 9.17) is 0 Å². The number of aromatic amines is 1. The maximum atomic E-state index is 12.7. The number of rotatable bonds is 5. The monoisotopic (exact) mass is 410 g/mol. The molecule has 4 rings (SSSR count). The van der Waals surface area contributed by atoms with Crippen LogP contribution in [0.1, 0.15) is 28.8 Å². The summed E-state index contributed by atoms with van der Waals surface area (Å²) in [7, 11) is 0. The van der Waals surface area contributed by atoms with Gasteiger partial charge in [0.05, 0.1) is 16.3 Å². The topological polar surface area (TPSA) is 136 Å². The highest BCUT2D eigenvalue weighted by Gasteiger charge is 2.18. The third-order valence-electron chi connectivity index (χ3n) is 5.53. The lowest BCUT2D eigenvalue weighted by Gasteiger charge is -2.14. The molecule has 9 heteroatoms. The maximum absolute atomic E-state index is 12.7. The Hall–Kier alpha value is -3.46. The molecule has 9 nitrogen and oxygen atoms in total. The van der Waals surface area contributed by atoms with Crippen molar-refractivity contribution in [2.24, 2.45) is 0 Å². The summed E-state index contributed by atoms with van der Waals surface area (Å²) in [6, 6.07) is 2.31. The molecule has 3 aromatic rings. The van der Waals surface area contributed by atoms with Crippen molar-refractivity contribution in [1.82, 2.24) is 20.2 Å². The van der Waals surface area contributed by atoms with Crippen LogP contribution in [0.25, 0.3) is 28.3 Å². The molecule has 2 heterocycles. The summed E-state index contributed by atoms with van der Waals surface area (Å²) in [6.45, 7) is 5.12. The second-order valence-corrected chi connectivity index (χ2v) is 7.46. The highest BCUT2D eigenvalue weighted by molar-refractivity contribution is 6.02. The van der Waals surface area contributed by atoms with Gasteiger partial charge in [0.15, 0.2) is 0 Å². The number of carboxylic acids is 1. The van der Waals surface area contributed by atoms with Gasteiger partial charge < -0.3 is 25.4 Å². The van der Waals surface area contributed by atoms with Crippen LogP contribution in [0, 0.1) is 6.92 Å². The van der Waals surface area contributed by atoms with Gasteiger partial charge >= 0.3 is 5.97 Å². The number of benzene rings is 2. The average Bonchev–Trinajstić information content (AvgIpc) is 3.24. The van der Waals surface area contributed by atoms with E-state index in [9.17, 15) is 24.6 Å². The van der Waals surface area contributed by atoms with E-state index >= 15 is 0 Å². The molecule has 0 aliphatic carbocycles. The summed E-state index contributed by atoms with van der Waals surface area (Å²) >= 11 is 0. The Kier molecular flexibility index (Phi) is 5.13. The number of hydrogen-bond acceptors (Lipinski definition) is 7. The Labute approximate surface area is 170 Å². The first-order chi connectivity index (χ1) is 14.4. The van der Waals surface area contributed by atoms with Gasteiger partial charge in [-0.2, -0.15) is 0 Å². The van der Waals surface area contributed by atoms with E-state index in [-0.39, 0.29) is 44.2 Å². The minimum atomic E-state index is -1.24. The van der Waals surface area contributed by atoms with Crippen molar-refractivity contribution in [2.75, 3.05) is 26.2 Å². The first kappa shape index (κ1) is 19.8. The summed E-state index contributed by atoms with van der Waals surface area (Å²) in [4.78, 5) is 46.0. The van der Waals surface area contributed by atoms with E-state index in [0.29, 0.717) is 6.54 Å². The molecule has 30 heavy (non-hydrogen) atoms. The smallest absolute Gasteiger partial charge is 0.337 e. The van der Waals surface area contributed by atoms with Gasteiger partial charge in [-0.05, 0) is 45.0 Å². The fraction of sp³-hybridized carbons (Fsp3) is 0.333. The van der Waals surface area contributed by atoms with Gasteiger partial charge in [-0.25, -0.2) is 9.78 Å². The lowest BCUT2D eigenvalue weighted by molar-refractivity contribution is 0.0699. The SMILES string of the molecule is Cc1c(O)/c(=C\NCCN2CCCC2)c2nc3c(=O)ccc(C(=O)O)c3[nH]c2c1=O. The number of likely N-dealkylation sites (tertiary alicyclic amines) is 1. The zero-order valence-electron chi connectivity index (χ0n) is 16.5. The number of aromatic nitrogens is 2. The standard InChI is InChI=1S/C21H22N4O5/c1-11-19(27)13(10-22-6-9-25-7-2-3-8-25)16-18(20(11)28)24-15-12(21(29)30)4-5-14(26)17(15)23-16/h4-5,10,22,24,27H,2-3,6-9H2,1H3,(H,29,30)/b13-10-. The van der Waals surface area contributed by atoms with Crippen molar-refractivity contribution in [3.8, 4) is 5.75 Å². The fourth-order valence-corrected chi connectivity index (χ4v) is 3.85. The molecule has 0 radical (unpaired) electrons. The van der Waals surface area contributed by atoms with Crippen LogP contribution in [-0.4, -0.2) is 57.2 Å². The van der Waals surface area contributed by atoms with Crippen LogP contribution in [0.3, 0.4) is 0 Å². The molecule has 1 aliphatic rings. The Morgan fingerprint density at radius 3 is 2.67 bits per heavy atom. The molecule has 0 unspecified atom stereocenters. The lowest BCUT2D eigenvalue weighted by atomic mass is 10.1. The number of fused-ring (bicyclic) bond motifs is 2. The third-order valence-corrected chi connectivity index (χ3v) is 5.53. The zero-order valence-corrected chi connectivity index (χ0v) is 16.5. The van der Waals surface area contributed by atoms with Crippen molar-refractivity contribution in [3.05, 3.63) is 48.9 Å². The summed E-state index contributed by atoms with van der Waals surface area (Å²) in [5.74, 6) is -1.46. The van der Waals surface area contributed by atoms with Crippen LogP contribution in [0.15, 0.2) is 21.7 Å². The predicted molar refractivity (Wildman–Crippen MR) is 113 cm³/mol. The largest absolute Gasteiger partial charge is 0.507 e. The van der Waals surface area contributed by atoms with Crippen LogP contribution in [-0.2, 0) is 0 Å². The molecule has 4 N–H and O–H groups in total. The number of nitrogens with one attached hydrogen (secondary N) is 2. The highest BCUT2D eigenvalue weighted by Crippen LogP contribution is 2.17. The summed E-state index contributed by atoms with van der Waals surface area (Å²) in [5, 5.41) is 23.4. The molecule has 156 valence electrons. The van der Waals surface area contributed by atoms with Crippen molar-refractivity contribution in [1.29, 1.82) is 0 Å². The molecule has 0 bridgehead atoms. The zero-order chi connectivity index (χ0) is 21.4. The van der Waals surface area contributed by atoms with E-state index in [1.165, 1.54) is 25.8 Å². The molecule has 1 fully saturated rings. The Morgan fingerprint density at radius 1 is 1.23 bits per heavy atom. The number of carbonyl (C=O) groups is 1. The van der Waals surface area contributed by atoms with Gasteiger partial charge in [0.1, 0.15) is 22.3 Å². The number of hydrogen-bond donors (Lipinski definition) is 4. The second kappa shape index (κ2) is 7.75. The molecule has 1 aliphatic heterocycles. The van der Waals surface area contributed by atoms with Crippen molar-refractivity contribution < 1.29 is 15.0 Å². The molecule has 0 amide bonds. The van der Waals surface area contributed by atoms with Crippen LogP contribution in [0.2, 0.25) is 0 Å². The van der Waals surface area contributed by atoms with Gasteiger partial charge in [-0.1, -0.05) is 0 Å². The first-order valence-electron chi connectivity index (χ1n) is 9.80. The number of aromatic hydroxyl groups is 1. The van der Waals surface area contributed by atoms with Gasteiger partial charge in [0, 0.05) is 24.9 Å². The minimum absolute atomic E-state index is 0.0161. The Balaban J connectivity index is 1.89. The van der Waals surface area contributed by atoms with Gasteiger partial charge in [-0.15, -0.1) is 0 Å². The Morgan fingerprint density at radius 2 is 1.97 bits per heavy atom. The number of aromatic carboxylic acids is 1. The van der Waals surface area contributed by atoms with E-state index in [1.54, 1.807) is 6.20 Å². The van der Waals surface area contributed by atoms with Gasteiger partial charge in [0.25, 0.3) is 0 Å². The lowest BCUT2D eigenvalue weighted by Crippen LogP contribution is -2.29. The number of phenols is 1. The second-order valence-electron chi connectivity index (χ2n) is 7.46. The molecule has 0 spiro atoms. The van der Waals surface area contributed by atoms with Crippen LogP contribution < -0.4 is 21.4 Å². The number of H-pyrrole nitrogens is 1. The van der Waals surface area contributed by atoms with Crippen molar-refractivity contribution >= 4 is 34.2 Å². The van der Waals surface area contributed by atoms with Crippen LogP contribution in [0.4, 0.5) is 0 Å². The highest BCUT2D eigenvalue weighted by atomic mass is 16.4. The van der Waals surface area contributed by atoms with Crippen LogP contribution in [0.5, 0.6) is 5.75 Å². The summed E-state index contributed by atoms with van der Waals surface area (Å²) in [5.41, 5.74) is -0.981.